The lowest BCUT2D eigenvalue weighted by Gasteiger charge is -2.19. The number of aryl methyl sites for hydroxylation is 2. The first-order valence-corrected chi connectivity index (χ1v) is 8.74. The number of rotatable bonds is 8. The van der Waals surface area contributed by atoms with E-state index in [2.05, 4.69) is 15.0 Å². The zero-order valence-electron chi connectivity index (χ0n) is 12.9. The molecule has 1 aromatic heterocycles. The van der Waals surface area contributed by atoms with Gasteiger partial charge in [0.1, 0.15) is 0 Å². The minimum Gasteiger partial charge on any atom is -0.314 e. The third-order valence-corrected chi connectivity index (χ3v) is 5.02. The predicted molar refractivity (Wildman–Crippen MR) is 84.5 cm³/mol. The molecule has 7 heteroatoms. The molecule has 1 aliphatic rings. The average molecular weight is 312 g/mol. The molecule has 0 saturated heterocycles. The topological polar surface area (TPSA) is 74.3 Å². The third-order valence-electron chi connectivity index (χ3n) is 3.53. The first-order valence-electron chi connectivity index (χ1n) is 7.30. The molecular weight excluding hydrogens is 288 g/mol. The van der Waals surface area contributed by atoms with Gasteiger partial charge in [-0.15, -0.1) is 0 Å². The number of hydrogen-bond donors (Lipinski definition) is 2. The third kappa shape index (κ3) is 4.94. The smallest absolute Gasteiger partial charge is 0.301 e. The highest BCUT2D eigenvalue weighted by molar-refractivity contribution is 7.90. The second kappa shape index (κ2) is 6.72. The van der Waals surface area contributed by atoms with Crippen LogP contribution in [0, 0.1) is 13.8 Å². The predicted octanol–water partition coefficient (Wildman–Crippen LogP) is 1.43. The summed E-state index contributed by atoms with van der Waals surface area (Å²) in [4.78, 5) is 4.26. The van der Waals surface area contributed by atoms with Crippen LogP contribution in [0.5, 0.6) is 0 Å². The molecule has 0 amide bonds. The van der Waals surface area contributed by atoms with Crippen LogP contribution in [0.3, 0.4) is 0 Å². The summed E-state index contributed by atoms with van der Waals surface area (Å²) < 4.78 is 28.4. The van der Waals surface area contributed by atoms with Crippen LogP contribution in [0.15, 0.2) is 12.1 Å². The van der Waals surface area contributed by atoms with Gasteiger partial charge in [0.2, 0.25) is 0 Å². The normalized spacial score (nSPS) is 15.4. The lowest BCUT2D eigenvalue weighted by atomic mass is 10.3. The van der Waals surface area contributed by atoms with Crippen molar-refractivity contribution in [1.82, 2.24) is 14.6 Å². The first-order chi connectivity index (χ1) is 9.88. The van der Waals surface area contributed by atoms with Crippen molar-refractivity contribution in [1.29, 1.82) is 0 Å². The van der Waals surface area contributed by atoms with E-state index < -0.39 is 10.2 Å². The van der Waals surface area contributed by atoms with Gasteiger partial charge >= 0.3 is 10.2 Å². The fourth-order valence-corrected chi connectivity index (χ4v) is 3.05. The molecule has 0 aromatic carbocycles. The molecule has 2 N–H and O–H groups in total. The second-order valence-corrected chi connectivity index (χ2v) is 7.37. The molecule has 1 heterocycles. The summed E-state index contributed by atoms with van der Waals surface area (Å²) in [6.45, 7) is 5.03. The van der Waals surface area contributed by atoms with E-state index in [-0.39, 0.29) is 0 Å². The van der Waals surface area contributed by atoms with Crippen LogP contribution in [0.4, 0.5) is 5.69 Å². The molecule has 0 aliphatic heterocycles. The Balaban J connectivity index is 1.86. The van der Waals surface area contributed by atoms with Crippen LogP contribution in [-0.4, -0.2) is 43.9 Å². The molecular formula is C14H24N4O2S. The SMILES string of the molecule is Cc1ccc(NS(=O)(=O)N(C)CCCNC2CC2)c(C)n1. The van der Waals surface area contributed by atoms with Gasteiger partial charge in [0.05, 0.1) is 11.4 Å². The maximum Gasteiger partial charge on any atom is 0.301 e. The average Bonchev–Trinajstić information content (AvgIpc) is 3.22. The molecule has 0 radical (unpaired) electrons. The van der Waals surface area contributed by atoms with Crippen LogP contribution in [-0.2, 0) is 10.2 Å². The molecule has 118 valence electrons. The Morgan fingerprint density at radius 1 is 1.33 bits per heavy atom. The number of nitrogens with zero attached hydrogens (tertiary/aromatic N) is 2. The van der Waals surface area contributed by atoms with Crippen molar-refractivity contribution in [3.63, 3.8) is 0 Å². The molecule has 1 saturated carbocycles. The molecule has 6 nitrogen and oxygen atoms in total. The Bertz CT molecular complexity index is 585. The van der Waals surface area contributed by atoms with E-state index in [9.17, 15) is 8.42 Å². The van der Waals surface area contributed by atoms with Crippen molar-refractivity contribution < 1.29 is 8.42 Å². The van der Waals surface area contributed by atoms with Gasteiger partial charge in [-0.25, -0.2) is 0 Å². The molecule has 0 atom stereocenters. The fraction of sp³-hybridized carbons (Fsp3) is 0.643. The lowest BCUT2D eigenvalue weighted by Crippen LogP contribution is -2.35. The summed E-state index contributed by atoms with van der Waals surface area (Å²) in [5, 5.41) is 3.38. The Labute approximate surface area is 127 Å². The van der Waals surface area contributed by atoms with E-state index in [1.54, 1.807) is 26.1 Å². The minimum absolute atomic E-state index is 0.493. The first kappa shape index (κ1) is 16.2. The quantitative estimate of drug-likeness (QED) is 0.712. The Morgan fingerprint density at radius 3 is 2.67 bits per heavy atom. The Morgan fingerprint density at radius 2 is 2.05 bits per heavy atom. The van der Waals surface area contributed by atoms with E-state index >= 15 is 0 Å². The largest absolute Gasteiger partial charge is 0.314 e. The van der Waals surface area contributed by atoms with Crippen molar-refractivity contribution in [2.45, 2.75) is 39.2 Å². The highest BCUT2D eigenvalue weighted by Crippen LogP contribution is 2.18. The zero-order chi connectivity index (χ0) is 15.5. The van der Waals surface area contributed by atoms with Crippen LogP contribution in [0.1, 0.15) is 30.7 Å². The summed E-state index contributed by atoms with van der Waals surface area (Å²) in [6.07, 6.45) is 3.30. The monoisotopic (exact) mass is 312 g/mol. The van der Waals surface area contributed by atoms with E-state index in [1.165, 1.54) is 17.1 Å². The number of nitrogens with one attached hydrogen (secondary N) is 2. The highest BCUT2D eigenvalue weighted by atomic mass is 32.2. The maximum absolute atomic E-state index is 12.2. The van der Waals surface area contributed by atoms with Crippen molar-refractivity contribution in [2.24, 2.45) is 0 Å². The van der Waals surface area contributed by atoms with Crippen LogP contribution in [0.2, 0.25) is 0 Å². The van der Waals surface area contributed by atoms with Crippen LogP contribution in [0.25, 0.3) is 0 Å². The van der Waals surface area contributed by atoms with Gasteiger partial charge in [0, 0.05) is 25.3 Å². The van der Waals surface area contributed by atoms with Gasteiger partial charge < -0.3 is 5.32 Å². The van der Waals surface area contributed by atoms with Gasteiger partial charge in [0.15, 0.2) is 0 Å². The number of hydrogen-bond acceptors (Lipinski definition) is 4. The van der Waals surface area contributed by atoms with Crippen molar-refractivity contribution in [2.75, 3.05) is 24.9 Å². The van der Waals surface area contributed by atoms with E-state index in [4.69, 9.17) is 0 Å². The number of anilines is 1. The summed E-state index contributed by atoms with van der Waals surface area (Å²) in [5.41, 5.74) is 2.08. The molecule has 1 aliphatic carbocycles. The minimum atomic E-state index is -3.52. The lowest BCUT2D eigenvalue weighted by molar-refractivity contribution is 0.457. The van der Waals surface area contributed by atoms with Crippen LogP contribution < -0.4 is 10.0 Å². The Hall–Kier alpha value is -1.18. The van der Waals surface area contributed by atoms with Gasteiger partial charge in [-0.05, 0) is 51.8 Å². The molecule has 2 rings (SSSR count). The van der Waals surface area contributed by atoms with E-state index in [0.717, 1.165) is 18.7 Å². The van der Waals surface area contributed by atoms with Crippen molar-refractivity contribution in [3.8, 4) is 0 Å². The standard InChI is InChI=1S/C14H24N4O2S/c1-11-5-8-14(12(2)16-11)17-21(19,20)18(3)10-4-9-15-13-6-7-13/h5,8,13,15,17H,4,6-7,9-10H2,1-3H3. The highest BCUT2D eigenvalue weighted by Gasteiger charge is 2.21. The van der Waals surface area contributed by atoms with E-state index in [1.807, 2.05) is 6.92 Å². The van der Waals surface area contributed by atoms with Gasteiger partial charge in [0.25, 0.3) is 0 Å². The Kier molecular flexibility index (Phi) is 5.18. The van der Waals surface area contributed by atoms with Crippen molar-refractivity contribution in [3.05, 3.63) is 23.5 Å². The second-order valence-electron chi connectivity index (χ2n) is 5.60. The van der Waals surface area contributed by atoms with Gasteiger partial charge in [-0.3, -0.25) is 9.71 Å². The summed E-state index contributed by atoms with van der Waals surface area (Å²) in [7, 11) is -1.92. The molecule has 1 aromatic rings. The molecule has 0 spiro atoms. The summed E-state index contributed by atoms with van der Waals surface area (Å²) >= 11 is 0. The van der Waals surface area contributed by atoms with E-state index in [0.29, 0.717) is 24.0 Å². The summed E-state index contributed by atoms with van der Waals surface area (Å²) in [6, 6.07) is 4.20. The maximum atomic E-state index is 12.2. The summed E-state index contributed by atoms with van der Waals surface area (Å²) in [5.74, 6) is 0. The number of pyridine rings is 1. The molecule has 1 fully saturated rings. The molecule has 21 heavy (non-hydrogen) atoms. The zero-order valence-corrected chi connectivity index (χ0v) is 13.7. The van der Waals surface area contributed by atoms with Gasteiger partial charge in [-0.2, -0.15) is 12.7 Å². The molecule has 0 bridgehead atoms. The molecule has 0 unspecified atom stereocenters. The van der Waals surface area contributed by atoms with Gasteiger partial charge in [-0.1, -0.05) is 0 Å². The fourth-order valence-electron chi connectivity index (χ4n) is 2.03. The van der Waals surface area contributed by atoms with Crippen molar-refractivity contribution >= 4 is 15.9 Å². The van der Waals surface area contributed by atoms with Crippen LogP contribution >= 0.6 is 0 Å². The number of aromatic nitrogens is 1.